The van der Waals surface area contributed by atoms with Gasteiger partial charge in [-0.25, -0.2) is 0 Å². The van der Waals surface area contributed by atoms with E-state index in [1.54, 1.807) is 7.11 Å². The second kappa shape index (κ2) is 8.16. The molecule has 2 fully saturated rings. The van der Waals surface area contributed by atoms with Crippen LogP contribution < -0.4 is 4.74 Å². The van der Waals surface area contributed by atoms with Crippen LogP contribution in [0.25, 0.3) is 0 Å². The molecule has 142 valence electrons. The molecule has 2 aromatic rings. The van der Waals surface area contributed by atoms with E-state index in [0.717, 1.165) is 37.5 Å². The van der Waals surface area contributed by atoms with Gasteiger partial charge in [0.25, 0.3) is 0 Å². The van der Waals surface area contributed by atoms with E-state index in [9.17, 15) is 4.79 Å². The average molecular weight is 364 g/mol. The minimum Gasteiger partial charge on any atom is -0.497 e. The van der Waals surface area contributed by atoms with Gasteiger partial charge in [0.05, 0.1) is 7.11 Å². The number of hydrogen-bond donors (Lipinski definition) is 0. The summed E-state index contributed by atoms with van der Waals surface area (Å²) in [4.78, 5) is 14.8. The number of ether oxygens (including phenoxy) is 1. The van der Waals surface area contributed by atoms with Gasteiger partial charge in [-0.15, -0.1) is 0 Å². The molecule has 3 nitrogen and oxygen atoms in total. The number of carbonyl (C=O) groups is 1. The summed E-state index contributed by atoms with van der Waals surface area (Å²) in [7, 11) is 1.71. The molecular weight excluding hydrogens is 334 g/mol. The number of carbonyl (C=O) groups excluding carboxylic acids is 1. The lowest BCUT2D eigenvalue weighted by molar-refractivity contribution is -0.141. The Hall–Kier alpha value is -2.29. The Bertz CT molecular complexity index is 756. The number of fused-ring (bicyclic) bond motifs is 1. The zero-order valence-corrected chi connectivity index (χ0v) is 16.1. The van der Waals surface area contributed by atoms with Crippen molar-refractivity contribution < 1.29 is 9.53 Å². The van der Waals surface area contributed by atoms with Crippen LogP contribution in [0.15, 0.2) is 54.6 Å². The summed E-state index contributed by atoms with van der Waals surface area (Å²) in [5, 5.41) is 0. The van der Waals surface area contributed by atoms with Crippen LogP contribution in [0.1, 0.15) is 43.2 Å². The minimum absolute atomic E-state index is 0.341. The summed E-state index contributed by atoms with van der Waals surface area (Å²) in [6.45, 7) is 0.768. The molecule has 4 rings (SSSR count). The van der Waals surface area contributed by atoms with Gasteiger partial charge in [-0.1, -0.05) is 42.5 Å². The van der Waals surface area contributed by atoms with Crippen molar-refractivity contribution in [2.45, 2.75) is 51.1 Å². The van der Waals surface area contributed by atoms with E-state index >= 15 is 0 Å². The van der Waals surface area contributed by atoms with Crippen LogP contribution in [0, 0.1) is 11.8 Å². The van der Waals surface area contributed by atoms with Crippen LogP contribution in [0.5, 0.6) is 5.75 Å². The fourth-order valence-corrected chi connectivity index (χ4v) is 4.97. The van der Waals surface area contributed by atoms with Crippen LogP contribution in [0.3, 0.4) is 0 Å². The molecule has 1 aliphatic carbocycles. The second-order valence-electron chi connectivity index (χ2n) is 8.10. The Morgan fingerprint density at radius 2 is 1.74 bits per heavy atom. The highest BCUT2D eigenvalue weighted by atomic mass is 16.5. The average Bonchev–Trinajstić information content (AvgIpc) is 2.71. The predicted molar refractivity (Wildman–Crippen MR) is 108 cm³/mol. The fourth-order valence-electron chi connectivity index (χ4n) is 4.97. The first-order valence-electron chi connectivity index (χ1n) is 10.2. The van der Waals surface area contributed by atoms with Crippen LogP contribution in [-0.2, 0) is 17.8 Å². The fraction of sp³-hybridized carbons (Fsp3) is 0.458. The van der Waals surface area contributed by atoms with E-state index in [-0.39, 0.29) is 0 Å². The van der Waals surface area contributed by atoms with E-state index in [0.29, 0.717) is 24.3 Å². The minimum atomic E-state index is 0.341. The van der Waals surface area contributed by atoms with E-state index in [1.807, 2.05) is 6.07 Å². The van der Waals surface area contributed by atoms with Crippen molar-refractivity contribution in [1.82, 2.24) is 4.90 Å². The van der Waals surface area contributed by atoms with Gasteiger partial charge in [0, 0.05) is 19.0 Å². The Labute approximate surface area is 162 Å². The van der Waals surface area contributed by atoms with Crippen molar-refractivity contribution in [3.63, 3.8) is 0 Å². The van der Waals surface area contributed by atoms with Crippen molar-refractivity contribution in [2.75, 3.05) is 7.11 Å². The molecule has 1 saturated heterocycles. The number of amides is 1. The number of nitrogens with zero attached hydrogens (tertiary/aromatic N) is 1. The van der Waals surface area contributed by atoms with Gasteiger partial charge in [0.1, 0.15) is 5.75 Å². The summed E-state index contributed by atoms with van der Waals surface area (Å²) in [6.07, 6.45) is 6.52. The number of hydrogen-bond acceptors (Lipinski definition) is 2. The molecule has 2 aliphatic rings. The molecule has 1 amide bonds. The topological polar surface area (TPSA) is 29.5 Å². The molecule has 1 aliphatic heterocycles. The number of methoxy groups -OCH3 is 1. The standard InChI is InChI=1S/C24H29NO2/c1-27-22-11-7-18(8-12-22)15-20-9-13-23-21(16-20)10-14-24(26)25(23)17-19-5-3-2-4-6-19/h2-8,11-12,20-21,23H,9-10,13-17H2,1H3/t20-,21+,23-/m1/s1. The first-order chi connectivity index (χ1) is 13.2. The Morgan fingerprint density at radius 1 is 0.963 bits per heavy atom. The molecule has 0 bridgehead atoms. The van der Waals surface area contributed by atoms with Gasteiger partial charge in [0.2, 0.25) is 5.91 Å². The predicted octanol–water partition coefficient (Wildman–Crippen LogP) is 4.85. The van der Waals surface area contributed by atoms with Gasteiger partial charge in [-0.05, 0) is 67.2 Å². The van der Waals surface area contributed by atoms with Crippen LogP contribution in [0.2, 0.25) is 0 Å². The molecule has 0 N–H and O–H groups in total. The Balaban J connectivity index is 1.40. The molecule has 0 aromatic heterocycles. The molecule has 3 atom stereocenters. The summed E-state index contributed by atoms with van der Waals surface area (Å²) in [6, 6.07) is 19.4. The summed E-state index contributed by atoms with van der Waals surface area (Å²) in [5.74, 6) is 2.65. The zero-order valence-electron chi connectivity index (χ0n) is 16.1. The molecule has 0 unspecified atom stereocenters. The molecule has 1 saturated carbocycles. The highest BCUT2D eigenvalue weighted by Gasteiger charge is 2.39. The van der Waals surface area contributed by atoms with Crippen molar-refractivity contribution >= 4 is 5.91 Å². The maximum Gasteiger partial charge on any atom is 0.223 e. The van der Waals surface area contributed by atoms with Gasteiger partial charge < -0.3 is 9.64 Å². The molecule has 0 radical (unpaired) electrons. The molecule has 27 heavy (non-hydrogen) atoms. The van der Waals surface area contributed by atoms with E-state index in [2.05, 4.69) is 53.4 Å². The number of piperidine rings is 1. The Kier molecular flexibility index (Phi) is 5.47. The van der Waals surface area contributed by atoms with E-state index < -0.39 is 0 Å². The third kappa shape index (κ3) is 4.18. The van der Waals surface area contributed by atoms with Gasteiger partial charge in [0.15, 0.2) is 0 Å². The van der Waals surface area contributed by atoms with Gasteiger partial charge >= 0.3 is 0 Å². The first-order valence-corrected chi connectivity index (χ1v) is 10.2. The maximum atomic E-state index is 12.6. The zero-order chi connectivity index (χ0) is 18.6. The van der Waals surface area contributed by atoms with Crippen molar-refractivity contribution in [1.29, 1.82) is 0 Å². The van der Waals surface area contributed by atoms with Crippen LogP contribution in [-0.4, -0.2) is 24.0 Å². The number of benzene rings is 2. The number of likely N-dealkylation sites (tertiary alicyclic amines) is 1. The summed E-state index contributed by atoms with van der Waals surface area (Å²) in [5.41, 5.74) is 2.64. The largest absolute Gasteiger partial charge is 0.497 e. The maximum absolute atomic E-state index is 12.6. The van der Waals surface area contributed by atoms with Gasteiger partial charge in [-0.2, -0.15) is 0 Å². The molecule has 3 heteroatoms. The van der Waals surface area contributed by atoms with Crippen molar-refractivity contribution in [3.05, 3.63) is 65.7 Å². The van der Waals surface area contributed by atoms with Gasteiger partial charge in [-0.3, -0.25) is 4.79 Å². The third-order valence-corrected chi connectivity index (χ3v) is 6.38. The lowest BCUT2D eigenvalue weighted by Crippen LogP contribution is -2.50. The van der Waals surface area contributed by atoms with E-state index in [1.165, 1.54) is 24.0 Å². The second-order valence-corrected chi connectivity index (χ2v) is 8.10. The SMILES string of the molecule is COc1ccc(C[C@H]2CC[C@@H]3[C@@H](CCC(=O)N3Cc3ccccc3)C2)cc1. The Morgan fingerprint density at radius 3 is 2.48 bits per heavy atom. The molecule has 0 spiro atoms. The first kappa shape index (κ1) is 18.1. The smallest absolute Gasteiger partial charge is 0.223 e. The molecule has 1 heterocycles. The van der Waals surface area contributed by atoms with Crippen molar-refractivity contribution in [3.8, 4) is 5.75 Å². The van der Waals surface area contributed by atoms with Crippen LogP contribution in [0.4, 0.5) is 0 Å². The van der Waals surface area contributed by atoms with Crippen molar-refractivity contribution in [2.24, 2.45) is 11.8 Å². The quantitative estimate of drug-likeness (QED) is 0.760. The normalized spacial score (nSPS) is 25.1. The lowest BCUT2D eigenvalue weighted by atomic mass is 9.71. The highest BCUT2D eigenvalue weighted by molar-refractivity contribution is 5.77. The third-order valence-electron chi connectivity index (χ3n) is 6.38. The molecule has 2 aromatic carbocycles. The summed E-state index contributed by atoms with van der Waals surface area (Å²) >= 11 is 0. The highest BCUT2D eigenvalue weighted by Crippen LogP contribution is 2.40. The monoisotopic (exact) mass is 363 g/mol. The summed E-state index contributed by atoms with van der Waals surface area (Å²) < 4.78 is 5.26. The molecular formula is C24H29NO2. The van der Waals surface area contributed by atoms with Crippen LogP contribution >= 0.6 is 0 Å². The van der Waals surface area contributed by atoms with E-state index in [4.69, 9.17) is 4.74 Å². The number of rotatable bonds is 5. The lowest BCUT2D eigenvalue weighted by Gasteiger charge is -2.46.